The highest BCUT2D eigenvalue weighted by atomic mass is 16.8. The maximum Gasteiger partial charge on any atom is 0.266 e. The molecule has 0 unspecified atom stereocenters. The van der Waals surface area contributed by atoms with Crippen LogP contribution in [0.5, 0.6) is 0 Å². The molecule has 0 radical (unpaired) electrons. The van der Waals surface area contributed by atoms with Crippen molar-refractivity contribution in [3.05, 3.63) is 97.1 Å². The van der Waals surface area contributed by atoms with Crippen LogP contribution >= 0.6 is 0 Å². The molecule has 10 nitrogen and oxygen atoms in total. The zero-order chi connectivity index (χ0) is 26.4. The summed E-state index contributed by atoms with van der Waals surface area (Å²) in [5.74, 6) is -1.80. The van der Waals surface area contributed by atoms with Gasteiger partial charge in [-0.1, -0.05) is 42.5 Å². The first-order valence-electron chi connectivity index (χ1n) is 12.2. The molecule has 10 heteroatoms. The molecule has 38 heavy (non-hydrogen) atoms. The zero-order valence-electron chi connectivity index (χ0n) is 20.8. The summed E-state index contributed by atoms with van der Waals surface area (Å²) in [5.41, 5.74) is 1.31. The molecule has 2 aliphatic heterocycles. The molecule has 2 amide bonds. The second-order valence-corrected chi connectivity index (χ2v) is 9.49. The van der Waals surface area contributed by atoms with Gasteiger partial charge in [0.15, 0.2) is 29.0 Å². The fourth-order valence-corrected chi connectivity index (χ4v) is 4.91. The number of carbonyl (C=O) groups is 2. The number of amides is 2. The number of anilines is 1. The highest BCUT2D eigenvalue weighted by molar-refractivity contribution is 6.27. The maximum atomic E-state index is 13.7. The third kappa shape index (κ3) is 3.99. The van der Waals surface area contributed by atoms with E-state index < -0.39 is 36.0 Å². The monoisotopic (exact) mass is 511 g/mol. The van der Waals surface area contributed by atoms with Gasteiger partial charge in [0.25, 0.3) is 11.8 Å². The minimum atomic E-state index is -0.795. The largest absolute Gasteiger partial charge is 0.345 e. The van der Waals surface area contributed by atoms with E-state index in [0.29, 0.717) is 16.8 Å². The molecule has 4 atom stereocenters. The third-order valence-electron chi connectivity index (χ3n) is 6.57. The van der Waals surface area contributed by atoms with Gasteiger partial charge in [-0.3, -0.25) is 14.2 Å². The van der Waals surface area contributed by atoms with Gasteiger partial charge in [-0.2, -0.15) is 0 Å². The molecule has 4 aromatic rings. The predicted molar refractivity (Wildman–Crippen MR) is 137 cm³/mol. The molecule has 0 bridgehead atoms. The smallest absolute Gasteiger partial charge is 0.266 e. The summed E-state index contributed by atoms with van der Waals surface area (Å²) in [6.45, 7) is 7.56. The molecule has 0 N–H and O–H groups in total. The van der Waals surface area contributed by atoms with Crippen LogP contribution in [0.25, 0.3) is 11.2 Å². The first-order valence-corrected chi connectivity index (χ1v) is 12.2. The standard InChI is InChI=1S/C28H25N5O5/c1-4-19-21-22(38-28(2,3)37-21)27(36-19)32-16-31-20-23(32)29-15-30-24(20)33(25(34)17-11-7-5-8-12-17)26(35)18-13-9-6-10-14-18/h4-16,19,21-22,27H,1H2,2-3H3/t19-,21-,22-,27-/m1/s1. The van der Waals surface area contributed by atoms with Crippen molar-refractivity contribution in [3.63, 3.8) is 0 Å². The van der Waals surface area contributed by atoms with Crippen LogP contribution in [0, 0.1) is 0 Å². The highest BCUT2D eigenvalue weighted by Gasteiger charge is 2.55. The summed E-state index contributed by atoms with van der Waals surface area (Å²) in [7, 11) is 0. The number of nitrogens with zero attached hydrogens (tertiary/aromatic N) is 5. The van der Waals surface area contributed by atoms with Crippen molar-refractivity contribution in [2.24, 2.45) is 0 Å². The van der Waals surface area contributed by atoms with Crippen LogP contribution < -0.4 is 4.90 Å². The van der Waals surface area contributed by atoms with Gasteiger partial charge in [0.2, 0.25) is 0 Å². The average Bonchev–Trinajstić information content (AvgIpc) is 3.60. The van der Waals surface area contributed by atoms with Gasteiger partial charge in [0.05, 0.1) is 6.33 Å². The third-order valence-corrected chi connectivity index (χ3v) is 6.57. The number of fused-ring (bicyclic) bond motifs is 2. The number of hydrogen-bond acceptors (Lipinski definition) is 8. The van der Waals surface area contributed by atoms with Crippen LogP contribution in [0.1, 0.15) is 40.8 Å². The average molecular weight is 512 g/mol. The summed E-state index contributed by atoms with van der Waals surface area (Å²) in [5, 5.41) is 0. The summed E-state index contributed by atoms with van der Waals surface area (Å²) in [6.07, 6.45) is 2.69. The van der Waals surface area contributed by atoms with Gasteiger partial charge >= 0.3 is 0 Å². The number of ether oxygens (including phenoxy) is 3. The normalized spacial score (nSPS) is 23.7. The number of aromatic nitrogens is 4. The Morgan fingerprint density at radius 3 is 2.13 bits per heavy atom. The first kappa shape index (κ1) is 24.1. The van der Waals surface area contributed by atoms with Crippen molar-refractivity contribution in [3.8, 4) is 0 Å². The van der Waals surface area contributed by atoms with E-state index in [0.717, 1.165) is 4.90 Å². The molecule has 0 saturated carbocycles. The minimum Gasteiger partial charge on any atom is -0.345 e. The Morgan fingerprint density at radius 1 is 0.921 bits per heavy atom. The lowest BCUT2D eigenvalue weighted by molar-refractivity contribution is -0.191. The van der Waals surface area contributed by atoms with E-state index in [-0.39, 0.29) is 17.4 Å². The molecule has 2 aromatic carbocycles. The van der Waals surface area contributed by atoms with Crippen LogP contribution in [-0.4, -0.2) is 55.4 Å². The number of imide groups is 1. The lowest BCUT2D eigenvalue weighted by Gasteiger charge is -2.24. The van der Waals surface area contributed by atoms with Crippen molar-refractivity contribution in [2.45, 2.75) is 44.2 Å². The first-order chi connectivity index (χ1) is 18.4. The fraction of sp³-hybridized carbons (Fsp3) is 0.250. The van der Waals surface area contributed by atoms with Crippen LogP contribution in [0.3, 0.4) is 0 Å². The van der Waals surface area contributed by atoms with Crippen molar-refractivity contribution < 1.29 is 23.8 Å². The predicted octanol–water partition coefficient (Wildman–Crippen LogP) is 3.92. The summed E-state index contributed by atoms with van der Waals surface area (Å²) in [4.78, 5) is 41.8. The molecule has 0 spiro atoms. The molecular weight excluding hydrogens is 486 g/mol. The quantitative estimate of drug-likeness (QED) is 0.293. The Morgan fingerprint density at radius 2 is 1.53 bits per heavy atom. The summed E-state index contributed by atoms with van der Waals surface area (Å²) in [6, 6.07) is 17.1. The van der Waals surface area contributed by atoms with Crippen molar-refractivity contribution in [1.29, 1.82) is 0 Å². The molecule has 2 fully saturated rings. The molecule has 0 aliphatic carbocycles. The van der Waals surface area contributed by atoms with Crippen LogP contribution in [0.2, 0.25) is 0 Å². The molecule has 2 aliphatic rings. The fourth-order valence-electron chi connectivity index (χ4n) is 4.91. The van der Waals surface area contributed by atoms with Gasteiger partial charge in [0.1, 0.15) is 24.6 Å². The molecule has 192 valence electrons. The minimum absolute atomic E-state index is 0.0650. The molecule has 2 saturated heterocycles. The molecule has 2 aromatic heterocycles. The number of hydrogen-bond donors (Lipinski definition) is 0. The number of rotatable bonds is 5. The van der Waals surface area contributed by atoms with Crippen LogP contribution in [-0.2, 0) is 14.2 Å². The van der Waals surface area contributed by atoms with E-state index in [1.807, 2.05) is 13.8 Å². The van der Waals surface area contributed by atoms with Gasteiger partial charge in [0, 0.05) is 11.1 Å². The summed E-state index contributed by atoms with van der Waals surface area (Å²) >= 11 is 0. The van der Waals surface area contributed by atoms with E-state index in [9.17, 15) is 9.59 Å². The van der Waals surface area contributed by atoms with Gasteiger partial charge in [-0.15, -0.1) is 6.58 Å². The lowest BCUT2D eigenvalue weighted by Crippen LogP contribution is -2.38. The Balaban J connectivity index is 1.46. The molecular formula is C28H25N5O5. The molecule has 6 rings (SSSR count). The second-order valence-electron chi connectivity index (χ2n) is 9.49. The zero-order valence-corrected chi connectivity index (χ0v) is 20.8. The number of benzene rings is 2. The van der Waals surface area contributed by atoms with Gasteiger partial charge in [-0.05, 0) is 38.1 Å². The number of carbonyl (C=O) groups excluding carboxylic acids is 2. The summed E-state index contributed by atoms with van der Waals surface area (Å²) < 4.78 is 20.1. The van der Waals surface area contributed by atoms with Crippen molar-refractivity contribution in [1.82, 2.24) is 19.5 Å². The second kappa shape index (κ2) is 9.25. The Bertz CT molecular complexity index is 1470. The van der Waals surface area contributed by atoms with Crippen molar-refractivity contribution in [2.75, 3.05) is 4.90 Å². The van der Waals surface area contributed by atoms with E-state index >= 15 is 0 Å². The van der Waals surface area contributed by atoms with E-state index in [2.05, 4.69) is 21.5 Å². The molecule has 4 heterocycles. The topological polar surface area (TPSA) is 109 Å². The van der Waals surface area contributed by atoms with Crippen molar-refractivity contribution >= 4 is 28.8 Å². The Kier molecular flexibility index (Phi) is 5.87. The number of imidazole rings is 1. The van der Waals surface area contributed by atoms with Gasteiger partial charge in [-0.25, -0.2) is 19.9 Å². The van der Waals surface area contributed by atoms with Crippen LogP contribution in [0.15, 0.2) is 86.0 Å². The van der Waals surface area contributed by atoms with E-state index in [4.69, 9.17) is 14.2 Å². The Hall–Kier alpha value is -4.25. The van der Waals surface area contributed by atoms with Crippen LogP contribution in [0.4, 0.5) is 5.82 Å². The van der Waals surface area contributed by atoms with Gasteiger partial charge < -0.3 is 14.2 Å². The Labute approximate surface area is 218 Å². The van der Waals surface area contributed by atoms with E-state index in [1.165, 1.54) is 6.33 Å². The maximum absolute atomic E-state index is 13.7. The van der Waals surface area contributed by atoms with E-state index in [1.54, 1.807) is 77.6 Å². The highest BCUT2D eigenvalue weighted by Crippen LogP contribution is 2.44. The SMILES string of the molecule is C=C[C@H]1O[C@@H](n2cnc3c(N(C(=O)c4ccccc4)C(=O)c4ccccc4)ncnc32)[C@@H]2OC(C)(C)O[C@@H]21. The lowest BCUT2D eigenvalue weighted by atomic mass is 10.1.